The van der Waals surface area contributed by atoms with Crippen LogP contribution in [0.25, 0.3) is 0 Å². The van der Waals surface area contributed by atoms with Crippen LogP contribution in [0.5, 0.6) is 0 Å². The van der Waals surface area contributed by atoms with Crippen LogP contribution >= 0.6 is 0 Å². The van der Waals surface area contributed by atoms with Crippen molar-refractivity contribution >= 4 is 0 Å². The number of nitrogens with zero attached hydrogens (tertiary/aromatic N) is 2. The normalized spacial score (nSPS) is 53.4. The Hall–Kier alpha value is -0.0800. The first kappa shape index (κ1) is 6.62. The fourth-order valence-corrected chi connectivity index (χ4v) is 2.16. The average molecular weight is 140 g/mol. The van der Waals surface area contributed by atoms with Gasteiger partial charge in [0.1, 0.15) is 0 Å². The zero-order valence-corrected chi connectivity index (χ0v) is 6.88. The average Bonchev–Trinajstić information content (AvgIpc) is 2.00. The zero-order chi connectivity index (χ0) is 7.14. The number of hydrogen-bond donors (Lipinski definition) is 0. The van der Waals surface area contributed by atoms with E-state index in [2.05, 4.69) is 23.6 Å². The van der Waals surface area contributed by atoms with Crippen molar-refractivity contribution in [1.82, 2.24) is 9.80 Å². The van der Waals surface area contributed by atoms with E-state index in [1.165, 1.54) is 26.2 Å². The number of rotatable bonds is 0. The monoisotopic (exact) mass is 140 g/mol. The highest BCUT2D eigenvalue weighted by Gasteiger charge is 2.34. The van der Waals surface area contributed by atoms with Crippen LogP contribution in [-0.4, -0.2) is 48.1 Å². The Morgan fingerprint density at radius 1 is 0.800 bits per heavy atom. The Labute approximate surface area is 62.8 Å². The minimum absolute atomic E-state index is 0.794. The number of hydrogen-bond acceptors (Lipinski definition) is 2. The summed E-state index contributed by atoms with van der Waals surface area (Å²) in [5.74, 6) is 0. The maximum Gasteiger partial charge on any atom is 0.0221 e. The van der Waals surface area contributed by atoms with Crippen LogP contribution in [0.15, 0.2) is 0 Å². The second-order valence-electron chi connectivity index (χ2n) is 3.55. The van der Waals surface area contributed by atoms with Gasteiger partial charge in [-0.1, -0.05) is 0 Å². The van der Waals surface area contributed by atoms with E-state index in [0.717, 1.165) is 12.1 Å². The molecule has 0 amide bonds. The van der Waals surface area contributed by atoms with Gasteiger partial charge in [0.25, 0.3) is 0 Å². The van der Waals surface area contributed by atoms with E-state index < -0.39 is 0 Å². The van der Waals surface area contributed by atoms with E-state index in [0.29, 0.717) is 0 Å². The molecule has 3 aliphatic rings. The van der Waals surface area contributed by atoms with Gasteiger partial charge < -0.3 is 0 Å². The summed E-state index contributed by atoms with van der Waals surface area (Å²) in [7, 11) is 0. The van der Waals surface area contributed by atoms with Crippen molar-refractivity contribution < 1.29 is 0 Å². The van der Waals surface area contributed by atoms with Gasteiger partial charge in [-0.05, 0) is 13.8 Å². The van der Waals surface area contributed by atoms with Crippen molar-refractivity contribution in [2.45, 2.75) is 25.9 Å². The van der Waals surface area contributed by atoms with Crippen LogP contribution < -0.4 is 0 Å². The second kappa shape index (κ2) is 2.21. The molecule has 0 saturated carbocycles. The molecule has 0 aliphatic carbocycles. The smallest absolute Gasteiger partial charge is 0.0221 e. The largest absolute Gasteiger partial charge is 0.297 e. The van der Waals surface area contributed by atoms with Gasteiger partial charge in [0.05, 0.1) is 0 Å². The van der Waals surface area contributed by atoms with Crippen molar-refractivity contribution in [3.8, 4) is 0 Å². The Morgan fingerprint density at radius 3 is 1.30 bits per heavy atom. The minimum Gasteiger partial charge on any atom is -0.297 e. The van der Waals surface area contributed by atoms with Gasteiger partial charge in [0.15, 0.2) is 0 Å². The summed E-state index contributed by atoms with van der Waals surface area (Å²) >= 11 is 0. The molecule has 3 rings (SSSR count). The molecule has 2 nitrogen and oxygen atoms in total. The molecule has 0 aromatic carbocycles. The van der Waals surface area contributed by atoms with E-state index in [9.17, 15) is 0 Å². The molecule has 0 spiro atoms. The quantitative estimate of drug-likeness (QED) is 0.480. The Bertz CT molecular complexity index is 107. The maximum absolute atomic E-state index is 2.60. The molecule has 0 aromatic rings. The lowest BCUT2D eigenvalue weighted by Gasteiger charge is -2.50. The van der Waals surface area contributed by atoms with Crippen molar-refractivity contribution in [3.05, 3.63) is 0 Å². The number of piperazine rings is 3. The lowest BCUT2D eigenvalue weighted by Crippen LogP contribution is -2.64. The lowest BCUT2D eigenvalue weighted by atomic mass is 10.0. The van der Waals surface area contributed by atoms with Crippen molar-refractivity contribution in [2.75, 3.05) is 26.2 Å². The third-order valence-electron chi connectivity index (χ3n) is 3.20. The molecule has 58 valence electrons. The first-order valence-electron chi connectivity index (χ1n) is 4.27. The van der Waals surface area contributed by atoms with E-state index in [1.807, 2.05) is 0 Å². The molecule has 3 aliphatic heterocycles. The van der Waals surface area contributed by atoms with Gasteiger partial charge in [-0.2, -0.15) is 0 Å². The fraction of sp³-hybridized carbons (Fsp3) is 1.00. The number of fused-ring (bicyclic) bond motifs is 3. The van der Waals surface area contributed by atoms with Crippen LogP contribution in [0.1, 0.15) is 13.8 Å². The molecule has 0 radical (unpaired) electrons. The van der Waals surface area contributed by atoms with Crippen molar-refractivity contribution in [2.24, 2.45) is 0 Å². The van der Waals surface area contributed by atoms with E-state index in [1.54, 1.807) is 0 Å². The Balaban J connectivity index is 2.13. The molecule has 2 heteroatoms. The van der Waals surface area contributed by atoms with Crippen LogP contribution in [0.3, 0.4) is 0 Å². The van der Waals surface area contributed by atoms with E-state index >= 15 is 0 Å². The molecule has 2 atom stereocenters. The summed E-state index contributed by atoms with van der Waals surface area (Å²) < 4.78 is 0. The fourth-order valence-electron chi connectivity index (χ4n) is 2.16. The molecular weight excluding hydrogens is 124 g/mol. The van der Waals surface area contributed by atoms with Gasteiger partial charge >= 0.3 is 0 Å². The van der Waals surface area contributed by atoms with Gasteiger partial charge in [-0.25, -0.2) is 0 Å². The summed E-state index contributed by atoms with van der Waals surface area (Å²) in [6.07, 6.45) is 0. The van der Waals surface area contributed by atoms with Gasteiger partial charge in [-0.15, -0.1) is 0 Å². The van der Waals surface area contributed by atoms with Gasteiger partial charge in [0.2, 0.25) is 0 Å². The summed E-state index contributed by atoms with van der Waals surface area (Å²) in [6, 6.07) is 1.59. The topological polar surface area (TPSA) is 6.48 Å². The highest BCUT2D eigenvalue weighted by atomic mass is 15.4. The third-order valence-corrected chi connectivity index (χ3v) is 3.20. The standard InChI is InChI=1S/C8H16N2/c1-7-8(2)10-5-3-9(7)4-6-10/h7-8H,3-6H2,1-2H3/t7-,8?/m1/s1. The predicted molar refractivity (Wildman–Crippen MR) is 42.1 cm³/mol. The zero-order valence-electron chi connectivity index (χ0n) is 6.88. The molecule has 3 saturated heterocycles. The third kappa shape index (κ3) is 0.789. The van der Waals surface area contributed by atoms with Crippen LogP contribution in [0.4, 0.5) is 0 Å². The molecule has 1 unspecified atom stereocenters. The van der Waals surface area contributed by atoms with E-state index in [4.69, 9.17) is 0 Å². The van der Waals surface area contributed by atoms with Crippen LogP contribution in [-0.2, 0) is 0 Å². The molecule has 0 aromatic heterocycles. The molecule has 10 heavy (non-hydrogen) atoms. The van der Waals surface area contributed by atoms with E-state index in [-0.39, 0.29) is 0 Å². The van der Waals surface area contributed by atoms with Gasteiger partial charge in [-0.3, -0.25) is 9.80 Å². The second-order valence-corrected chi connectivity index (χ2v) is 3.55. The summed E-state index contributed by atoms with van der Waals surface area (Å²) in [5.41, 5.74) is 0. The van der Waals surface area contributed by atoms with Crippen LogP contribution in [0.2, 0.25) is 0 Å². The highest BCUT2D eigenvalue weighted by Crippen LogP contribution is 2.20. The first-order chi connectivity index (χ1) is 4.79. The van der Waals surface area contributed by atoms with Crippen LogP contribution in [0, 0.1) is 0 Å². The summed E-state index contributed by atoms with van der Waals surface area (Å²) in [4.78, 5) is 5.20. The highest BCUT2D eigenvalue weighted by molar-refractivity contribution is 4.91. The Morgan fingerprint density at radius 2 is 1.10 bits per heavy atom. The van der Waals surface area contributed by atoms with Gasteiger partial charge in [0, 0.05) is 38.3 Å². The summed E-state index contributed by atoms with van der Waals surface area (Å²) in [5, 5.41) is 0. The summed E-state index contributed by atoms with van der Waals surface area (Å²) in [6.45, 7) is 9.88. The van der Waals surface area contributed by atoms with Crippen molar-refractivity contribution in [3.63, 3.8) is 0 Å². The minimum atomic E-state index is 0.794. The molecule has 2 bridgehead atoms. The van der Waals surface area contributed by atoms with Crippen molar-refractivity contribution in [1.29, 1.82) is 0 Å². The molecule has 3 fully saturated rings. The lowest BCUT2D eigenvalue weighted by molar-refractivity contribution is -0.0218. The first-order valence-corrected chi connectivity index (χ1v) is 4.27. The predicted octanol–water partition coefficient (Wildman–Crippen LogP) is 0.395. The molecule has 0 N–H and O–H groups in total. The Kier molecular flexibility index (Phi) is 1.46. The molecular formula is C8H16N2. The SMILES string of the molecule is CC1[C@@H](C)N2CCN1CC2. The maximum atomic E-state index is 2.60. The molecule has 3 heterocycles.